The molecule has 0 fully saturated rings. The molecule has 0 aliphatic carbocycles. The van der Waals surface area contributed by atoms with Crippen LogP contribution >= 0.6 is 0 Å². The van der Waals surface area contributed by atoms with E-state index in [1.165, 1.54) is 18.2 Å². The van der Waals surface area contributed by atoms with E-state index < -0.39 is 23.8 Å². The van der Waals surface area contributed by atoms with Crippen molar-refractivity contribution in [3.63, 3.8) is 0 Å². The highest BCUT2D eigenvalue weighted by Gasteiger charge is 2.17. The van der Waals surface area contributed by atoms with E-state index in [0.717, 1.165) is 6.07 Å². The lowest BCUT2D eigenvalue weighted by atomic mass is 10.0. The van der Waals surface area contributed by atoms with E-state index in [4.69, 9.17) is 5.11 Å². The third-order valence-electron chi connectivity index (χ3n) is 3.78. The number of aromatic nitrogens is 1. The first-order valence-corrected chi connectivity index (χ1v) is 6.79. The van der Waals surface area contributed by atoms with Crippen molar-refractivity contribution in [2.45, 2.75) is 6.43 Å². The molecule has 0 atom stereocenters. The maximum Gasteiger partial charge on any atom is 0.338 e. The van der Waals surface area contributed by atoms with Crippen LogP contribution in [0.2, 0.25) is 0 Å². The quantitative estimate of drug-likeness (QED) is 0.765. The van der Waals surface area contributed by atoms with Crippen LogP contribution in [0.5, 0.6) is 0 Å². The zero-order chi connectivity index (χ0) is 16.7. The number of hydrogen-bond acceptors (Lipinski definition) is 1. The molecule has 1 N–H and O–H groups in total. The second-order valence-electron chi connectivity index (χ2n) is 5.23. The highest BCUT2D eigenvalue weighted by Crippen LogP contribution is 2.33. The van der Waals surface area contributed by atoms with Crippen LogP contribution in [0.3, 0.4) is 0 Å². The highest BCUT2D eigenvalue weighted by molar-refractivity contribution is 6.00. The number of fused-ring (bicyclic) bond motifs is 1. The lowest BCUT2D eigenvalue weighted by Crippen LogP contribution is -2.00. The van der Waals surface area contributed by atoms with Gasteiger partial charge in [-0.2, -0.15) is 0 Å². The van der Waals surface area contributed by atoms with Gasteiger partial charge in [-0.25, -0.2) is 18.0 Å². The molecule has 1 aromatic heterocycles. The lowest BCUT2D eigenvalue weighted by molar-refractivity contribution is 0.0692. The van der Waals surface area contributed by atoms with Crippen LogP contribution in [0.15, 0.2) is 42.6 Å². The maximum atomic E-state index is 14.0. The summed E-state index contributed by atoms with van der Waals surface area (Å²) in [6, 6.07) is 8.15. The van der Waals surface area contributed by atoms with E-state index in [1.54, 1.807) is 29.9 Å². The molecule has 0 aliphatic rings. The molecular weight excluding hydrogens is 307 g/mol. The molecule has 2 aromatic carbocycles. The minimum Gasteiger partial charge on any atom is -0.478 e. The van der Waals surface area contributed by atoms with Crippen molar-refractivity contribution in [1.82, 2.24) is 4.57 Å². The van der Waals surface area contributed by atoms with Crippen molar-refractivity contribution in [2.24, 2.45) is 7.05 Å². The first-order valence-electron chi connectivity index (χ1n) is 6.79. The molecule has 0 unspecified atom stereocenters. The number of aromatic carboxylic acids is 1. The fourth-order valence-corrected chi connectivity index (χ4v) is 2.60. The number of nitrogens with zero attached hydrogens (tertiary/aromatic N) is 1. The number of carbonyl (C=O) groups is 1. The van der Waals surface area contributed by atoms with Gasteiger partial charge >= 0.3 is 5.97 Å². The minimum atomic E-state index is -2.55. The topological polar surface area (TPSA) is 42.2 Å². The molecule has 6 heteroatoms. The first kappa shape index (κ1) is 15.1. The van der Waals surface area contributed by atoms with Gasteiger partial charge in [0.05, 0.1) is 5.56 Å². The number of benzene rings is 2. The van der Waals surface area contributed by atoms with Gasteiger partial charge in [0.1, 0.15) is 5.82 Å². The predicted octanol–water partition coefficient (Wildman–Crippen LogP) is 4.62. The summed E-state index contributed by atoms with van der Waals surface area (Å²) < 4.78 is 40.9. The Balaban J connectivity index is 2.18. The number of carboxylic acids is 1. The molecule has 1 heterocycles. The first-order chi connectivity index (χ1) is 10.9. The summed E-state index contributed by atoms with van der Waals surface area (Å²) in [6.07, 6.45) is -0.834. The molecule has 0 amide bonds. The molecule has 23 heavy (non-hydrogen) atoms. The average molecular weight is 319 g/mol. The van der Waals surface area contributed by atoms with Gasteiger partial charge in [0.15, 0.2) is 0 Å². The summed E-state index contributed by atoms with van der Waals surface area (Å²) >= 11 is 0. The molecule has 0 saturated carbocycles. The summed E-state index contributed by atoms with van der Waals surface area (Å²) in [5.74, 6) is -2.17. The Bertz CT molecular complexity index is 898. The van der Waals surface area contributed by atoms with Gasteiger partial charge < -0.3 is 9.67 Å². The van der Waals surface area contributed by atoms with Gasteiger partial charge in [0.25, 0.3) is 6.43 Å². The maximum absolute atomic E-state index is 14.0. The second-order valence-corrected chi connectivity index (χ2v) is 5.23. The number of alkyl halides is 2. The molecule has 118 valence electrons. The Labute approximate surface area is 129 Å². The van der Waals surface area contributed by atoms with Crippen LogP contribution in [0.1, 0.15) is 22.3 Å². The number of carboxylic acid groups (broad SMARTS) is 1. The van der Waals surface area contributed by atoms with Crippen molar-refractivity contribution in [2.75, 3.05) is 0 Å². The number of rotatable bonds is 3. The second kappa shape index (κ2) is 5.46. The number of aryl methyl sites for hydroxylation is 1. The van der Waals surface area contributed by atoms with Crippen molar-refractivity contribution < 1.29 is 23.1 Å². The molecule has 0 spiro atoms. The van der Waals surface area contributed by atoms with Crippen molar-refractivity contribution in [3.8, 4) is 11.1 Å². The summed E-state index contributed by atoms with van der Waals surface area (Å²) in [5.41, 5.74) is 1.37. The zero-order valence-electron chi connectivity index (χ0n) is 12.1. The summed E-state index contributed by atoms with van der Waals surface area (Å²) in [4.78, 5) is 11.0. The van der Waals surface area contributed by atoms with Gasteiger partial charge in [-0.15, -0.1) is 0 Å². The Hall–Kier alpha value is -2.76. The Morgan fingerprint density at radius 3 is 2.39 bits per heavy atom. The summed E-state index contributed by atoms with van der Waals surface area (Å²) in [5, 5.41) is 9.53. The predicted molar refractivity (Wildman–Crippen MR) is 80.2 cm³/mol. The third-order valence-corrected chi connectivity index (χ3v) is 3.78. The van der Waals surface area contributed by atoms with Crippen LogP contribution in [-0.2, 0) is 7.05 Å². The minimum absolute atomic E-state index is 0.0895. The van der Waals surface area contributed by atoms with Crippen LogP contribution in [0.4, 0.5) is 13.2 Å². The van der Waals surface area contributed by atoms with Crippen molar-refractivity contribution >= 4 is 16.9 Å². The van der Waals surface area contributed by atoms with Gasteiger partial charge in [-0.3, -0.25) is 0 Å². The highest BCUT2D eigenvalue weighted by atomic mass is 19.3. The monoisotopic (exact) mass is 319 g/mol. The third kappa shape index (κ3) is 2.56. The normalized spacial score (nSPS) is 11.3. The lowest BCUT2D eigenvalue weighted by Gasteiger charge is -2.04. The van der Waals surface area contributed by atoms with Crippen LogP contribution in [0, 0.1) is 5.82 Å². The largest absolute Gasteiger partial charge is 0.478 e. The average Bonchev–Trinajstić information content (AvgIpc) is 2.82. The summed E-state index contributed by atoms with van der Waals surface area (Å²) in [6.45, 7) is 0. The van der Waals surface area contributed by atoms with Crippen molar-refractivity contribution in [3.05, 3.63) is 59.5 Å². The molecule has 0 radical (unpaired) electrons. The zero-order valence-corrected chi connectivity index (χ0v) is 12.1. The number of halogens is 3. The molecule has 0 aliphatic heterocycles. The fourth-order valence-electron chi connectivity index (χ4n) is 2.60. The fraction of sp³-hybridized carbons (Fsp3) is 0.118. The molecular formula is C17H12F3NO2. The van der Waals surface area contributed by atoms with Crippen LogP contribution in [0.25, 0.3) is 22.0 Å². The van der Waals surface area contributed by atoms with E-state index in [9.17, 15) is 18.0 Å². The Morgan fingerprint density at radius 1 is 1.17 bits per heavy atom. The van der Waals surface area contributed by atoms with Gasteiger partial charge in [-0.05, 0) is 17.7 Å². The molecule has 0 saturated heterocycles. The van der Waals surface area contributed by atoms with E-state index in [0.29, 0.717) is 22.0 Å². The molecule has 3 aromatic rings. The van der Waals surface area contributed by atoms with E-state index >= 15 is 0 Å². The smallest absolute Gasteiger partial charge is 0.338 e. The summed E-state index contributed by atoms with van der Waals surface area (Å²) in [7, 11) is 1.71. The Morgan fingerprint density at radius 2 is 1.83 bits per heavy atom. The SMILES string of the molecule is Cn1cc(-c2ccc(C(F)F)cc2)c2cc(F)c(C(=O)O)cc21. The molecule has 3 rings (SSSR count). The van der Waals surface area contributed by atoms with Gasteiger partial charge in [0.2, 0.25) is 0 Å². The van der Waals surface area contributed by atoms with E-state index in [2.05, 4.69) is 0 Å². The van der Waals surface area contributed by atoms with E-state index in [-0.39, 0.29) is 5.56 Å². The van der Waals surface area contributed by atoms with Gasteiger partial charge in [0, 0.05) is 35.3 Å². The number of hydrogen-bond donors (Lipinski definition) is 1. The van der Waals surface area contributed by atoms with Crippen molar-refractivity contribution in [1.29, 1.82) is 0 Å². The Kier molecular flexibility index (Phi) is 3.60. The standard InChI is InChI=1S/C17H12F3NO2/c1-21-8-13(9-2-4-10(5-3-9)16(19)20)11-6-14(18)12(17(22)23)7-15(11)21/h2-8,16H,1H3,(H,22,23). The molecule has 3 nitrogen and oxygen atoms in total. The van der Waals surface area contributed by atoms with Gasteiger partial charge in [-0.1, -0.05) is 24.3 Å². The van der Waals surface area contributed by atoms with E-state index in [1.807, 2.05) is 0 Å². The van der Waals surface area contributed by atoms with Crippen LogP contribution in [-0.4, -0.2) is 15.6 Å². The van der Waals surface area contributed by atoms with Crippen LogP contribution < -0.4 is 0 Å². The molecule has 0 bridgehead atoms.